The number of alkyl halides is 3. The molecule has 3 heterocycles. The van der Waals surface area contributed by atoms with Gasteiger partial charge in [0.15, 0.2) is 5.82 Å². The van der Waals surface area contributed by atoms with Crippen LogP contribution in [0.2, 0.25) is 0 Å². The van der Waals surface area contributed by atoms with Crippen molar-refractivity contribution in [3.05, 3.63) is 199 Å². The fourth-order valence-electron chi connectivity index (χ4n) is 8.69. The second kappa shape index (κ2) is 14.4. The van der Waals surface area contributed by atoms with Gasteiger partial charge in [-0.25, -0.2) is 9.97 Å². The second-order valence-electron chi connectivity index (χ2n) is 15.3. The number of hydrogen-bond donors (Lipinski definition) is 0. The van der Waals surface area contributed by atoms with E-state index in [-0.39, 0.29) is 0 Å². The van der Waals surface area contributed by atoms with Crippen LogP contribution >= 0.6 is 11.3 Å². The number of aryl methyl sites for hydroxylation is 1. The van der Waals surface area contributed by atoms with Crippen LogP contribution in [0, 0.1) is 6.92 Å². The van der Waals surface area contributed by atoms with E-state index in [1.54, 1.807) is 17.4 Å². The highest BCUT2D eigenvalue weighted by Crippen LogP contribution is 2.48. The first-order chi connectivity index (χ1) is 29.8. The summed E-state index contributed by atoms with van der Waals surface area (Å²) >= 11 is 1.77. The minimum atomic E-state index is -4.55. The maximum atomic E-state index is 14.6. The number of para-hydroxylation sites is 1. The Kier molecular flexibility index (Phi) is 8.69. The molecule has 11 aromatic rings. The van der Waals surface area contributed by atoms with Gasteiger partial charge in [0, 0.05) is 58.8 Å². The van der Waals surface area contributed by atoms with Crippen molar-refractivity contribution in [3.8, 4) is 61.8 Å². The summed E-state index contributed by atoms with van der Waals surface area (Å²) in [5.74, 6) is 0.461. The van der Waals surface area contributed by atoms with Crippen molar-refractivity contribution >= 4 is 53.3 Å². The average Bonchev–Trinajstić information content (AvgIpc) is 3.84. The van der Waals surface area contributed by atoms with E-state index < -0.39 is 11.7 Å². The molecular weight excluding hydrogens is 780 g/mol. The Bertz CT molecular complexity index is 3420. The van der Waals surface area contributed by atoms with Gasteiger partial charge in [0.2, 0.25) is 0 Å². The van der Waals surface area contributed by atoms with Crippen molar-refractivity contribution in [3.63, 3.8) is 0 Å². The van der Waals surface area contributed by atoms with E-state index in [0.717, 1.165) is 72.8 Å². The van der Waals surface area contributed by atoms with Crippen LogP contribution in [0.1, 0.15) is 11.1 Å². The van der Waals surface area contributed by atoms with Gasteiger partial charge < -0.3 is 4.57 Å². The van der Waals surface area contributed by atoms with Crippen LogP contribution in [-0.2, 0) is 6.18 Å². The van der Waals surface area contributed by atoms with E-state index in [1.165, 1.54) is 32.3 Å². The Labute approximate surface area is 353 Å². The monoisotopic (exact) mass is 813 g/mol. The van der Waals surface area contributed by atoms with Crippen molar-refractivity contribution in [1.29, 1.82) is 0 Å². The van der Waals surface area contributed by atoms with Crippen molar-refractivity contribution < 1.29 is 13.2 Å². The predicted octanol–water partition coefficient (Wildman–Crippen LogP) is 15.6. The minimum Gasteiger partial charge on any atom is -0.308 e. The Morgan fingerprint density at radius 2 is 1.07 bits per heavy atom. The van der Waals surface area contributed by atoms with Crippen molar-refractivity contribution in [2.45, 2.75) is 13.1 Å². The van der Waals surface area contributed by atoms with Crippen LogP contribution in [-0.4, -0.2) is 14.5 Å². The van der Waals surface area contributed by atoms with Gasteiger partial charge in [0.05, 0.1) is 33.7 Å². The molecule has 3 nitrogen and oxygen atoms in total. The van der Waals surface area contributed by atoms with E-state index in [2.05, 4.69) is 90.4 Å². The molecule has 0 atom stereocenters. The molecule has 0 fully saturated rings. The van der Waals surface area contributed by atoms with Crippen LogP contribution in [0.25, 0.3) is 104 Å². The van der Waals surface area contributed by atoms with Crippen LogP contribution in [0.15, 0.2) is 188 Å². The number of halogens is 3. The van der Waals surface area contributed by atoms with E-state index in [4.69, 9.17) is 9.97 Å². The zero-order valence-electron chi connectivity index (χ0n) is 32.8. The fourth-order valence-corrected chi connectivity index (χ4v) is 9.95. The first-order valence-electron chi connectivity index (χ1n) is 20.1. The predicted molar refractivity (Wildman–Crippen MR) is 246 cm³/mol. The first-order valence-corrected chi connectivity index (χ1v) is 20.9. The molecule has 0 unspecified atom stereocenters. The van der Waals surface area contributed by atoms with E-state index >= 15 is 0 Å². The molecule has 292 valence electrons. The molecule has 0 N–H and O–H groups in total. The SMILES string of the molecule is Cc1cccc(-c2cc(-c3nc(-c4ccccc4)cc(-c4ccccc4)n3)cc(-c3cccc(C(F)(F)F)c3)c2-n2c3ccccc3c3c4sc5ccccc5c4ccc32)c1. The number of fused-ring (bicyclic) bond motifs is 7. The average molecular weight is 814 g/mol. The lowest BCUT2D eigenvalue weighted by Gasteiger charge is -2.22. The molecule has 0 saturated heterocycles. The summed E-state index contributed by atoms with van der Waals surface area (Å²) in [6.07, 6.45) is -4.55. The highest BCUT2D eigenvalue weighted by molar-refractivity contribution is 7.26. The van der Waals surface area contributed by atoms with Crippen molar-refractivity contribution in [1.82, 2.24) is 14.5 Å². The standard InChI is InChI=1S/C54H34F3N3S/c1-33-14-12-19-36(28-33)43-30-38(53-58-45(34-15-4-2-5-16-34)32-46(59-53)35-17-6-3-7-18-35)31-44(37-20-13-21-39(29-37)54(55,56)57)51(43)60-47-24-10-8-23-42(47)50-48(60)27-26-41-40-22-9-11-25-49(40)61-52(41)50/h2-32H,1H3. The Hall–Kier alpha value is -7.35. The molecule has 0 aliphatic carbocycles. The molecule has 0 spiro atoms. The lowest BCUT2D eigenvalue weighted by Crippen LogP contribution is -2.06. The molecule has 0 radical (unpaired) electrons. The lowest BCUT2D eigenvalue weighted by molar-refractivity contribution is -0.137. The lowest BCUT2D eigenvalue weighted by atomic mass is 9.91. The quantitative estimate of drug-likeness (QED) is 0.167. The first kappa shape index (κ1) is 36.7. The molecular formula is C54H34F3N3S. The third kappa shape index (κ3) is 6.37. The maximum absolute atomic E-state index is 14.6. The molecule has 0 aliphatic heterocycles. The normalized spacial score (nSPS) is 11.9. The number of rotatable bonds is 6. The smallest absolute Gasteiger partial charge is 0.308 e. The zero-order valence-corrected chi connectivity index (χ0v) is 33.6. The number of hydrogen-bond acceptors (Lipinski definition) is 3. The molecule has 11 rings (SSSR count). The molecule has 0 amide bonds. The highest BCUT2D eigenvalue weighted by Gasteiger charge is 2.31. The topological polar surface area (TPSA) is 30.7 Å². The fraction of sp³-hybridized carbons (Fsp3) is 0.0370. The van der Waals surface area contributed by atoms with Crippen LogP contribution in [0.3, 0.4) is 0 Å². The summed E-state index contributed by atoms with van der Waals surface area (Å²) in [5.41, 5.74) is 9.81. The van der Waals surface area contributed by atoms with Gasteiger partial charge >= 0.3 is 6.18 Å². The summed E-state index contributed by atoms with van der Waals surface area (Å²) in [5, 5.41) is 4.54. The van der Waals surface area contributed by atoms with Crippen molar-refractivity contribution in [2.75, 3.05) is 0 Å². The summed E-state index contributed by atoms with van der Waals surface area (Å²) in [7, 11) is 0. The number of thiophene rings is 1. The molecule has 3 aromatic heterocycles. The van der Waals surface area contributed by atoms with Gasteiger partial charge in [-0.3, -0.25) is 0 Å². The van der Waals surface area contributed by atoms with Gasteiger partial charge in [-0.2, -0.15) is 13.2 Å². The van der Waals surface area contributed by atoms with Crippen LogP contribution < -0.4 is 0 Å². The number of benzene rings is 8. The van der Waals surface area contributed by atoms with E-state index in [9.17, 15) is 13.2 Å². The minimum absolute atomic E-state index is 0.428. The summed E-state index contributed by atoms with van der Waals surface area (Å²) < 4.78 is 48.5. The second-order valence-corrected chi connectivity index (χ2v) is 16.4. The molecule has 0 bridgehead atoms. The van der Waals surface area contributed by atoms with Crippen LogP contribution in [0.4, 0.5) is 13.2 Å². The largest absolute Gasteiger partial charge is 0.416 e. The summed E-state index contributed by atoms with van der Waals surface area (Å²) in [4.78, 5) is 10.4. The van der Waals surface area contributed by atoms with Gasteiger partial charge in [0.1, 0.15) is 0 Å². The maximum Gasteiger partial charge on any atom is 0.416 e. The highest BCUT2D eigenvalue weighted by atomic mass is 32.1. The summed E-state index contributed by atoms with van der Waals surface area (Å²) in [6, 6.07) is 61.1. The van der Waals surface area contributed by atoms with Gasteiger partial charge in [-0.1, -0.05) is 145 Å². The molecule has 0 saturated carbocycles. The molecule has 0 aliphatic rings. The van der Waals surface area contributed by atoms with Crippen molar-refractivity contribution in [2.24, 2.45) is 0 Å². The third-order valence-corrected chi connectivity index (χ3v) is 12.7. The number of aromatic nitrogens is 3. The summed E-state index contributed by atoms with van der Waals surface area (Å²) in [6.45, 7) is 2.05. The Morgan fingerprint density at radius 3 is 1.74 bits per heavy atom. The molecule has 8 aromatic carbocycles. The zero-order chi connectivity index (χ0) is 41.2. The third-order valence-electron chi connectivity index (χ3n) is 11.5. The molecule has 7 heteroatoms. The number of nitrogens with zero attached hydrogens (tertiary/aromatic N) is 3. The van der Waals surface area contributed by atoms with Crippen LogP contribution in [0.5, 0.6) is 0 Å². The van der Waals surface area contributed by atoms with Gasteiger partial charge in [-0.05, 0) is 66.6 Å². The Morgan fingerprint density at radius 1 is 0.475 bits per heavy atom. The van der Waals surface area contributed by atoms with E-state index in [0.29, 0.717) is 22.5 Å². The van der Waals surface area contributed by atoms with Gasteiger partial charge in [-0.15, -0.1) is 11.3 Å². The van der Waals surface area contributed by atoms with E-state index in [1.807, 2.05) is 84.9 Å². The Balaban J connectivity index is 1.29. The molecule has 61 heavy (non-hydrogen) atoms. The van der Waals surface area contributed by atoms with Gasteiger partial charge in [0.25, 0.3) is 0 Å².